The van der Waals surface area contributed by atoms with Crippen LogP contribution in [0.25, 0.3) is 0 Å². The summed E-state index contributed by atoms with van der Waals surface area (Å²) in [6, 6.07) is 0. The number of allylic oxidation sites excluding steroid dienone is 1. The molecule has 0 saturated heterocycles. The Hall–Kier alpha value is -0.703. The Labute approximate surface area is 104 Å². The number of halogens is 5. The van der Waals surface area contributed by atoms with Gasteiger partial charge in [0.25, 0.3) is 5.95 Å². The maximum absolute atomic E-state index is 11.9. The molecule has 0 N–H and O–H groups in total. The summed E-state index contributed by atoms with van der Waals surface area (Å²) in [5, 5.41) is -1.03. The van der Waals surface area contributed by atoms with E-state index in [1.807, 2.05) is 19.6 Å². The highest BCUT2D eigenvalue weighted by Crippen LogP contribution is 2.98. The van der Waals surface area contributed by atoms with Crippen molar-refractivity contribution in [3.8, 4) is 0 Å². The summed E-state index contributed by atoms with van der Waals surface area (Å²) in [5.41, 5.74) is 0. The molecule has 2 nitrogen and oxygen atoms in total. The molecule has 0 amide bonds. The highest BCUT2D eigenvalue weighted by Gasteiger charge is 2.60. The van der Waals surface area contributed by atoms with E-state index in [2.05, 4.69) is 0 Å². The Morgan fingerprint density at radius 1 is 1.11 bits per heavy atom. The summed E-state index contributed by atoms with van der Waals surface area (Å²) in [6.45, 7) is 6.50. The second-order valence-electron chi connectivity index (χ2n) is 4.53. The fraction of sp³-hybridized carbons (Fsp3) is 0.556. The van der Waals surface area contributed by atoms with E-state index in [0.29, 0.717) is 0 Å². The fourth-order valence-electron chi connectivity index (χ4n) is 0.825. The van der Waals surface area contributed by atoms with Crippen molar-refractivity contribution in [2.75, 3.05) is 6.61 Å². The minimum Gasteiger partial charge on any atom is -0.520 e. The van der Waals surface area contributed by atoms with Gasteiger partial charge in [0.15, 0.2) is 0 Å². The van der Waals surface area contributed by atoms with Crippen LogP contribution in [0.15, 0.2) is 23.5 Å². The molecule has 0 aliphatic rings. The summed E-state index contributed by atoms with van der Waals surface area (Å²) in [5.74, 6) is 0.0426. The number of ether oxygens (including phenoxy) is 1. The molecule has 0 radical (unpaired) electrons. The van der Waals surface area contributed by atoms with Crippen LogP contribution in [-0.4, -0.2) is 14.9 Å². The van der Waals surface area contributed by atoms with Gasteiger partial charge in [0, 0.05) is 0 Å². The van der Waals surface area contributed by atoms with Gasteiger partial charge < -0.3 is 9.16 Å². The van der Waals surface area contributed by atoms with Gasteiger partial charge in [0.2, 0.25) is 8.32 Å². The van der Waals surface area contributed by atoms with Crippen LogP contribution < -0.4 is 0 Å². The number of hydrogen-bond donors (Lipinski definition) is 0. The molecule has 0 aliphatic heterocycles. The SMILES string of the molecule is C/C=C(/OC/C=C/S(F)(F)(F)(F)F)O[Si](C)(C)C. The molecule has 0 aromatic heterocycles. The van der Waals surface area contributed by atoms with Crippen LogP contribution in [0.2, 0.25) is 19.6 Å². The van der Waals surface area contributed by atoms with Crippen molar-refractivity contribution < 1.29 is 28.6 Å². The van der Waals surface area contributed by atoms with Gasteiger partial charge in [-0.25, -0.2) is 0 Å². The Balaban J connectivity index is 4.42. The molecule has 18 heavy (non-hydrogen) atoms. The number of rotatable bonds is 6. The summed E-state index contributed by atoms with van der Waals surface area (Å²) < 4.78 is 69.7. The summed E-state index contributed by atoms with van der Waals surface area (Å²) in [4.78, 5) is 0. The van der Waals surface area contributed by atoms with Crippen molar-refractivity contribution in [1.29, 1.82) is 0 Å². The third-order valence-electron chi connectivity index (χ3n) is 1.32. The molecule has 110 valence electrons. The van der Waals surface area contributed by atoms with Crippen molar-refractivity contribution in [3.05, 3.63) is 23.5 Å². The van der Waals surface area contributed by atoms with Crippen molar-refractivity contribution >= 4 is 18.5 Å². The fourth-order valence-corrected chi connectivity index (χ4v) is 2.05. The van der Waals surface area contributed by atoms with Crippen molar-refractivity contribution in [2.24, 2.45) is 0 Å². The lowest BCUT2D eigenvalue weighted by molar-refractivity contribution is 0.122. The van der Waals surface area contributed by atoms with E-state index < -0.39 is 30.6 Å². The lowest BCUT2D eigenvalue weighted by Crippen LogP contribution is -2.25. The minimum absolute atomic E-state index is 0.0426. The largest absolute Gasteiger partial charge is 0.520 e. The lowest BCUT2D eigenvalue weighted by Gasteiger charge is -2.36. The summed E-state index contributed by atoms with van der Waals surface area (Å²) in [7, 11) is -11.4. The van der Waals surface area contributed by atoms with Crippen LogP contribution >= 0.6 is 10.2 Å². The van der Waals surface area contributed by atoms with Crippen LogP contribution in [-0.2, 0) is 9.16 Å². The molecule has 0 aromatic rings. The molecular formula is C9H17F5O2SSi. The molecule has 0 rings (SSSR count). The predicted molar refractivity (Wildman–Crippen MR) is 66.4 cm³/mol. The zero-order valence-corrected chi connectivity index (χ0v) is 12.4. The first-order valence-corrected chi connectivity index (χ1v) is 10.4. The Morgan fingerprint density at radius 2 is 1.61 bits per heavy atom. The van der Waals surface area contributed by atoms with Crippen LogP contribution in [0, 0.1) is 0 Å². The van der Waals surface area contributed by atoms with Gasteiger partial charge in [-0.3, -0.25) is 0 Å². The Morgan fingerprint density at radius 3 is 1.94 bits per heavy atom. The zero-order chi connectivity index (χ0) is 14.7. The first-order chi connectivity index (χ1) is 7.62. The van der Waals surface area contributed by atoms with Gasteiger partial charge in [-0.15, -0.1) is 0 Å². The van der Waals surface area contributed by atoms with Gasteiger partial charge in [-0.05, 0) is 38.7 Å². The topological polar surface area (TPSA) is 18.5 Å². The van der Waals surface area contributed by atoms with Crippen molar-refractivity contribution in [1.82, 2.24) is 0 Å². The molecule has 0 atom stereocenters. The van der Waals surface area contributed by atoms with E-state index in [-0.39, 0.29) is 12.0 Å². The van der Waals surface area contributed by atoms with Crippen molar-refractivity contribution in [3.63, 3.8) is 0 Å². The molecule has 0 heterocycles. The van der Waals surface area contributed by atoms with Gasteiger partial charge in [-0.2, -0.15) is 0 Å². The zero-order valence-electron chi connectivity index (χ0n) is 10.6. The van der Waals surface area contributed by atoms with E-state index in [1.54, 1.807) is 6.92 Å². The first-order valence-electron chi connectivity index (χ1n) is 5.02. The maximum Gasteiger partial charge on any atom is 0.304 e. The van der Waals surface area contributed by atoms with Gasteiger partial charge >= 0.3 is 10.2 Å². The quantitative estimate of drug-likeness (QED) is 0.365. The van der Waals surface area contributed by atoms with Crippen molar-refractivity contribution in [2.45, 2.75) is 26.6 Å². The second kappa shape index (κ2) is 4.44. The van der Waals surface area contributed by atoms with E-state index in [1.165, 1.54) is 6.08 Å². The number of hydrogen-bond acceptors (Lipinski definition) is 2. The normalized spacial score (nSPS) is 18.4. The molecule has 0 aromatic carbocycles. The standard InChI is InChI=1S/C9H17F5O2SSi/c1-5-9(16-18(2,3)4)15-7-6-8-17(10,11,12,13)14/h5-6,8H,7H2,1-4H3/b8-6+,9-5-. The highest BCUT2D eigenvalue weighted by atomic mass is 32.5. The van der Waals surface area contributed by atoms with E-state index in [0.717, 1.165) is 0 Å². The third-order valence-corrected chi connectivity index (χ3v) is 2.84. The molecule has 0 fully saturated rings. The summed E-state index contributed by atoms with van der Waals surface area (Å²) >= 11 is 0. The van der Waals surface area contributed by atoms with Gasteiger partial charge in [0.05, 0.1) is 5.41 Å². The average molecular weight is 312 g/mol. The predicted octanol–water partition coefficient (Wildman–Crippen LogP) is 5.53. The Kier molecular flexibility index (Phi) is 4.27. The monoisotopic (exact) mass is 312 g/mol. The van der Waals surface area contributed by atoms with Crippen LogP contribution in [0.3, 0.4) is 0 Å². The van der Waals surface area contributed by atoms with Crippen LogP contribution in [0.4, 0.5) is 19.4 Å². The molecular weight excluding hydrogens is 295 g/mol. The van der Waals surface area contributed by atoms with Gasteiger partial charge in [-0.1, -0.05) is 19.4 Å². The maximum atomic E-state index is 11.9. The van der Waals surface area contributed by atoms with E-state index >= 15 is 0 Å². The molecule has 0 bridgehead atoms. The Bertz CT molecular complexity index is 354. The third kappa shape index (κ3) is 11.8. The summed E-state index contributed by atoms with van der Waals surface area (Å²) in [6.07, 6.45) is 1.66. The minimum atomic E-state index is -9.49. The molecule has 0 spiro atoms. The van der Waals surface area contributed by atoms with E-state index in [4.69, 9.17) is 9.16 Å². The van der Waals surface area contributed by atoms with Gasteiger partial charge in [0.1, 0.15) is 6.61 Å². The highest BCUT2D eigenvalue weighted by molar-refractivity contribution is 8.48. The average Bonchev–Trinajstić information content (AvgIpc) is 2.04. The molecule has 0 aliphatic carbocycles. The smallest absolute Gasteiger partial charge is 0.304 e. The second-order valence-corrected chi connectivity index (χ2v) is 11.3. The first kappa shape index (κ1) is 17.3. The molecule has 9 heteroatoms. The molecule has 0 unspecified atom stereocenters. The van der Waals surface area contributed by atoms with Crippen LogP contribution in [0.5, 0.6) is 0 Å². The lowest BCUT2D eigenvalue weighted by atomic mass is 10.6. The molecule has 0 saturated carbocycles. The van der Waals surface area contributed by atoms with E-state index in [9.17, 15) is 19.4 Å². The van der Waals surface area contributed by atoms with Crippen LogP contribution in [0.1, 0.15) is 6.92 Å².